The van der Waals surface area contributed by atoms with Gasteiger partial charge in [-0.3, -0.25) is 9.69 Å². The molecule has 0 aliphatic heterocycles. The van der Waals surface area contributed by atoms with Gasteiger partial charge in [0.15, 0.2) is 0 Å². The first kappa shape index (κ1) is 16.0. The summed E-state index contributed by atoms with van der Waals surface area (Å²) >= 11 is 6.25. The number of carbonyl (C=O) groups excluding carboxylic acids is 1. The third kappa shape index (κ3) is 4.20. The Morgan fingerprint density at radius 2 is 1.89 bits per heavy atom. The standard InChI is InChI=1S/C14H22ClN3O/c1-9(2)18(8-13(17)19)14(10(3)16)11-6-4-5-7-12(11)15/h4-7,9-10,14H,8,16H2,1-3H3,(H2,17,19). The monoisotopic (exact) mass is 283 g/mol. The number of primary amides is 1. The van der Waals surface area contributed by atoms with Crippen molar-refractivity contribution in [2.75, 3.05) is 6.54 Å². The second kappa shape index (κ2) is 6.89. The van der Waals surface area contributed by atoms with Crippen LogP contribution in [0.4, 0.5) is 0 Å². The Hall–Kier alpha value is -1.10. The van der Waals surface area contributed by atoms with Crippen LogP contribution in [0.2, 0.25) is 5.02 Å². The molecule has 4 N–H and O–H groups in total. The highest BCUT2D eigenvalue weighted by molar-refractivity contribution is 6.31. The largest absolute Gasteiger partial charge is 0.369 e. The number of hydrogen-bond acceptors (Lipinski definition) is 3. The number of halogens is 1. The van der Waals surface area contributed by atoms with Gasteiger partial charge >= 0.3 is 0 Å². The molecule has 1 aromatic carbocycles. The summed E-state index contributed by atoms with van der Waals surface area (Å²) in [5, 5.41) is 0.653. The van der Waals surface area contributed by atoms with Crippen molar-refractivity contribution in [1.82, 2.24) is 4.90 Å². The summed E-state index contributed by atoms with van der Waals surface area (Å²) in [5.41, 5.74) is 12.4. The van der Waals surface area contributed by atoms with Gasteiger partial charge in [-0.15, -0.1) is 0 Å². The van der Waals surface area contributed by atoms with E-state index >= 15 is 0 Å². The molecule has 2 atom stereocenters. The maximum absolute atomic E-state index is 11.3. The third-order valence-corrected chi connectivity index (χ3v) is 3.43. The van der Waals surface area contributed by atoms with Gasteiger partial charge in [0.1, 0.15) is 0 Å². The van der Waals surface area contributed by atoms with Crippen LogP contribution < -0.4 is 11.5 Å². The van der Waals surface area contributed by atoms with Gasteiger partial charge in [-0.2, -0.15) is 0 Å². The topological polar surface area (TPSA) is 72.3 Å². The fourth-order valence-electron chi connectivity index (χ4n) is 2.26. The maximum Gasteiger partial charge on any atom is 0.231 e. The number of carbonyl (C=O) groups is 1. The van der Waals surface area contributed by atoms with Crippen LogP contribution in [-0.2, 0) is 4.79 Å². The van der Waals surface area contributed by atoms with E-state index in [2.05, 4.69) is 0 Å². The molecule has 0 heterocycles. The predicted molar refractivity (Wildman–Crippen MR) is 78.9 cm³/mol. The number of nitrogens with zero attached hydrogens (tertiary/aromatic N) is 1. The Labute approximate surface area is 119 Å². The van der Waals surface area contributed by atoms with Gasteiger partial charge in [0, 0.05) is 17.1 Å². The highest BCUT2D eigenvalue weighted by atomic mass is 35.5. The van der Waals surface area contributed by atoms with Crippen molar-refractivity contribution in [3.05, 3.63) is 34.9 Å². The maximum atomic E-state index is 11.3. The molecule has 5 heteroatoms. The first-order chi connectivity index (χ1) is 8.84. The molecule has 0 aliphatic carbocycles. The number of amides is 1. The number of nitrogens with two attached hydrogens (primary N) is 2. The van der Waals surface area contributed by atoms with E-state index in [9.17, 15) is 4.79 Å². The summed E-state index contributed by atoms with van der Waals surface area (Å²) in [5.74, 6) is -0.369. The lowest BCUT2D eigenvalue weighted by Crippen LogP contribution is -2.47. The summed E-state index contributed by atoms with van der Waals surface area (Å²) in [4.78, 5) is 13.2. The van der Waals surface area contributed by atoms with Crippen LogP contribution in [0.25, 0.3) is 0 Å². The summed E-state index contributed by atoms with van der Waals surface area (Å²) < 4.78 is 0. The summed E-state index contributed by atoms with van der Waals surface area (Å²) in [7, 11) is 0. The predicted octanol–water partition coefficient (Wildman–Crippen LogP) is 1.92. The van der Waals surface area contributed by atoms with Gasteiger partial charge in [0.05, 0.1) is 12.6 Å². The molecule has 0 spiro atoms. The van der Waals surface area contributed by atoms with Crippen molar-refractivity contribution in [2.24, 2.45) is 11.5 Å². The highest BCUT2D eigenvalue weighted by Gasteiger charge is 2.28. The smallest absolute Gasteiger partial charge is 0.231 e. The number of hydrogen-bond donors (Lipinski definition) is 2. The molecule has 0 radical (unpaired) electrons. The molecule has 19 heavy (non-hydrogen) atoms. The van der Waals surface area contributed by atoms with E-state index < -0.39 is 0 Å². The fraction of sp³-hybridized carbons (Fsp3) is 0.500. The Kier molecular flexibility index (Phi) is 5.79. The molecule has 4 nitrogen and oxygen atoms in total. The Morgan fingerprint density at radius 1 is 1.32 bits per heavy atom. The minimum atomic E-state index is -0.369. The summed E-state index contributed by atoms with van der Waals surface area (Å²) in [6, 6.07) is 7.39. The summed E-state index contributed by atoms with van der Waals surface area (Å²) in [6.07, 6.45) is 0. The number of benzene rings is 1. The van der Waals surface area contributed by atoms with E-state index in [-0.39, 0.29) is 30.6 Å². The van der Waals surface area contributed by atoms with E-state index in [4.69, 9.17) is 23.1 Å². The molecule has 0 fully saturated rings. The molecule has 0 bridgehead atoms. The SMILES string of the molecule is CC(N)C(c1ccccc1Cl)N(CC(N)=O)C(C)C. The van der Waals surface area contributed by atoms with E-state index in [1.54, 1.807) is 0 Å². The van der Waals surface area contributed by atoms with Crippen LogP contribution in [0.5, 0.6) is 0 Å². The minimum absolute atomic E-state index is 0.138. The third-order valence-electron chi connectivity index (χ3n) is 3.08. The van der Waals surface area contributed by atoms with Crippen LogP contribution in [0.15, 0.2) is 24.3 Å². The van der Waals surface area contributed by atoms with E-state index in [1.165, 1.54) is 0 Å². The molecule has 106 valence electrons. The molecule has 0 saturated carbocycles. The molecule has 0 aliphatic rings. The molecular weight excluding hydrogens is 262 g/mol. The first-order valence-electron chi connectivity index (χ1n) is 6.38. The Balaban J connectivity index is 3.18. The zero-order chi connectivity index (χ0) is 14.6. The van der Waals surface area contributed by atoms with Crippen molar-refractivity contribution < 1.29 is 4.79 Å². The van der Waals surface area contributed by atoms with Gasteiger partial charge in [-0.05, 0) is 32.4 Å². The lowest BCUT2D eigenvalue weighted by atomic mass is 9.97. The molecular formula is C14H22ClN3O. The average Bonchev–Trinajstić information content (AvgIpc) is 2.29. The molecule has 1 amide bonds. The lowest BCUT2D eigenvalue weighted by molar-refractivity contribution is -0.120. The fourth-order valence-corrected chi connectivity index (χ4v) is 2.51. The molecule has 0 saturated heterocycles. The quantitative estimate of drug-likeness (QED) is 0.838. The van der Waals surface area contributed by atoms with Crippen molar-refractivity contribution in [2.45, 2.75) is 38.9 Å². The zero-order valence-corrected chi connectivity index (χ0v) is 12.4. The van der Waals surface area contributed by atoms with Gasteiger partial charge < -0.3 is 11.5 Å². The lowest BCUT2D eigenvalue weighted by Gasteiger charge is -2.37. The van der Waals surface area contributed by atoms with Crippen molar-refractivity contribution >= 4 is 17.5 Å². The van der Waals surface area contributed by atoms with Gasteiger partial charge in [-0.25, -0.2) is 0 Å². The zero-order valence-electron chi connectivity index (χ0n) is 11.6. The van der Waals surface area contributed by atoms with E-state index in [1.807, 2.05) is 49.9 Å². The van der Waals surface area contributed by atoms with Crippen molar-refractivity contribution in [3.63, 3.8) is 0 Å². The van der Waals surface area contributed by atoms with Crippen LogP contribution in [0, 0.1) is 0 Å². The minimum Gasteiger partial charge on any atom is -0.369 e. The van der Waals surface area contributed by atoms with Gasteiger partial charge in [0.25, 0.3) is 0 Å². The molecule has 1 rings (SSSR count). The molecule has 2 unspecified atom stereocenters. The van der Waals surface area contributed by atoms with Crippen LogP contribution in [0.3, 0.4) is 0 Å². The van der Waals surface area contributed by atoms with Crippen LogP contribution in [-0.4, -0.2) is 29.4 Å². The van der Waals surface area contributed by atoms with Crippen molar-refractivity contribution in [3.8, 4) is 0 Å². The first-order valence-corrected chi connectivity index (χ1v) is 6.76. The van der Waals surface area contributed by atoms with E-state index in [0.29, 0.717) is 5.02 Å². The van der Waals surface area contributed by atoms with Gasteiger partial charge in [-0.1, -0.05) is 29.8 Å². The molecule has 1 aromatic rings. The van der Waals surface area contributed by atoms with Gasteiger partial charge in [0.2, 0.25) is 5.91 Å². The van der Waals surface area contributed by atoms with Crippen LogP contribution in [0.1, 0.15) is 32.4 Å². The highest BCUT2D eigenvalue weighted by Crippen LogP contribution is 2.30. The summed E-state index contributed by atoms with van der Waals surface area (Å²) in [6.45, 7) is 6.09. The second-order valence-corrected chi connectivity index (χ2v) is 5.47. The Bertz CT molecular complexity index is 434. The molecule has 0 aromatic heterocycles. The number of rotatable bonds is 6. The average molecular weight is 284 g/mol. The Morgan fingerprint density at radius 3 is 2.32 bits per heavy atom. The van der Waals surface area contributed by atoms with Crippen LogP contribution >= 0.6 is 11.6 Å². The van der Waals surface area contributed by atoms with E-state index in [0.717, 1.165) is 5.56 Å². The second-order valence-electron chi connectivity index (χ2n) is 5.06. The normalized spacial score (nSPS) is 14.7. The van der Waals surface area contributed by atoms with Crippen molar-refractivity contribution in [1.29, 1.82) is 0 Å².